The molecule has 0 radical (unpaired) electrons. The van der Waals surface area contributed by atoms with Crippen molar-refractivity contribution in [1.82, 2.24) is 0 Å². The summed E-state index contributed by atoms with van der Waals surface area (Å²) < 4.78 is 6.39. The van der Waals surface area contributed by atoms with Crippen LogP contribution in [0.15, 0.2) is 115 Å². The van der Waals surface area contributed by atoms with Crippen LogP contribution in [0.4, 0.5) is 0 Å². The van der Waals surface area contributed by atoms with Gasteiger partial charge in [-0.25, -0.2) is 10.1 Å². The Hall–Kier alpha value is -5.42. The van der Waals surface area contributed by atoms with Crippen LogP contribution in [0.5, 0.6) is 11.5 Å². The molecule has 5 aromatic carbocycles. The molecule has 8 rings (SSSR count). The Bertz CT molecular complexity index is 2150. The Morgan fingerprint density at radius 2 is 1.32 bits per heavy atom. The second kappa shape index (κ2) is 8.55. The minimum Gasteiger partial charge on any atom is -0.456 e. The Labute approximate surface area is 235 Å². The molecule has 3 nitrogen and oxygen atoms in total. The number of allylic oxidation sites excluding steroid dienone is 1. The normalized spacial score (nSPS) is 13.4. The molecule has 0 saturated heterocycles. The molecule has 0 saturated carbocycles. The highest BCUT2D eigenvalue weighted by Crippen LogP contribution is 2.50. The zero-order chi connectivity index (χ0) is 26.8. The van der Waals surface area contributed by atoms with Gasteiger partial charge in [-0.3, -0.25) is 0 Å². The number of thiophene rings is 1. The maximum absolute atomic E-state index is 9.61. The third-order valence-corrected chi connectivity index (χ3v) is 8.95. The van der Waals surface area contributed by atoms with Gasteiger partial charge in [-0.05, 0) is 80.7 Å². The molecular weight excluding hydrogens is 508 g/mol. The third kappa shape index (κ3) is 3.21. The summed E-state index contributed by atoms with van der Waals surface area (Å²) in [6.45, 7) is 7.53. The van der Waals surface area contributed by atoms with Gasteiger partial charge in [0.1, 0.15) is 11.5 Å². The first kappa shape index (κ1) is 22.6. The first-order valence-corrected chi connectivity index (χ1v) is 13.8. The summed E-state index contributed by atoms with van der Waals surface area (Å²) in [5.74, 6) is 1.77. The fraction of sp³-hybridized carbons (Fsp3) is 0. The number of hydrogen-bond acceptors (Lipinski definition) is 3. The lowest BCUT2D eigenvalue weighted by Gasteiger charge is -2.21. The lowest BCUT2D eigenvalue weighted by molar-refractivity contribution is 0.487. The largest absolute Gasteiger partial charge is 0.456 e. The van der Waals surface area contributed by atoms with Crippen LogP contribution in [-0.2, 0) is 0 Å². The van der Waals surface area contributed by atoms with Crippen molar-refractivity contribution in [2.24, 2.45) is 0 Å². The maximum atomic E-state index is 9.61. The molecule has 40 heavy (non-hydrogen) atoms. The Morgan fingerprint density at radius 3 is 2.10 bits per heavy atom. The monoisotopic (exact) mass is 526 g/mol. The van der Waals surface area contributed by atoms with Gasteiger partial charge >= 0.3 is 0 Å². The predicted molar refractivity (Wildman–Crippen MR) is 162 cm³/mol. The van der Waals surface area contributed by atoms with Crippen molar-refractivity contribution in [1.29, 1.82) is 5.26 Å². The first-order valence-electron chi connectivity index (χ1n) is 12.9. The predicted octanol–water partition coefficient (Wildman–Crippen LogP) is 10.2. The van der Waals surface area contributed by atoms with E-state index >= 15 is 0 Å². The van der Waals surface area contributed by atoms with E-state index in [1.54, 1.807) is 11.3 Å². The van der Waals surface area contributed by atoms with Crippen LogP contribution in [0, 0.1) is 17.9 Å². The molecule has 1 aromatic heterocycles. The molecule has 0 bridgehead atoms. The molecule has 2 aliphatic rings. The van der Waals surface area contributed by atoms with Crippen LogP contribution in [0.25, 0.3) is 64.3 Å². The molecule has 0 spiro atoms. The number of nitriles is 1. The van der Waals surface area contributed by atoms with Crippen LogP contribution >= 0.6 is 11.3 Å². The van der Waals surface area contributed by atoms with Gasteiger partial charge in [0.2, 0.25) is 0 Å². The number of fused-ring (bicyclic) bond motifs is 5. The quantitative estimate of drug-likeness (QED) is 0.166. The van der Waals surface area contributed by atoms with Gasteiger partial charge in [-0.1, -0.05) is 72.8 Å². The topological polar surface area (TPSA) is 37.4 Å². The number of hydrogen-bond donors (Lipinski definition) is 0. The minimum atomic E-state index is 0.130. The van der Waals surface area contributed by atoms with E-state index in [1.165, 1.54) is 15.8 Å². The lowest BCUT2D eigenvalue weighted by atomic mass is 9.94. The zero-order valence-corrected chi connectivity index (χ0v) is 21.9. The molecule has 0 fully saturated rings. The zero-order valence-electron chi connectivity index (χ0n) is 21.1. The number of nitrogens with zero attached hydrogens (tertiary/aromatic N) is 2. The summed E-state index contributed by atoms with van der Waals surface area (Å²) in [6.07, 6.45) is 0. The second-order valence-electron chi connectivity index (χ2n) is 9.89. The van der Waals surface area contributed by atoms with Crippen LogP contribution in [-0.4, -0.2) is 0 Å². The average molecular weight is 527 g/mol. The van der Waals surface area contributed by atoms with Gasteiger partial charge < -0.3 is 4.74 Å². The van der Waals surface area contributed by atoms with Crippen LogP contribution in [0.2, 0.25) is 0 Å². The number of ether oxygens (including phenoxy) is 1. The average Bonchev–Trinajstić information content (AvgIpc) is 3.62. The molecule has 2 heterocycles. The SMILES string of the molecule is [C-]#[N+]/C(C#N)=C1/c2ccccc2-c2cc(-c3ccc(-c4ccc5c(c4)Oc4cccc6cccc-5c46)s3)ccc21. The molecule has 184 valence electrons. The fourth-order valence-electron chi connectivity index (χ4n) is 5.98. The van der Waals surface area contributed by atoms with Crippen molar-refractivity contribution in [2.75, 3.05) is 0 Å². The Kier molecular flexibility index (Phi) is 4.82. The van der Waals surface area contributed by atoms with E-state index in [0.717, 1.165) is 66.3 Å². The van der Waals surface area contributed by atoms with E-state index in [1.807, 2.05) is 36.4 Å². The molecule has 4 heteroatoms. The first-order chi connectivity index (χ1) is 19.7. The van der Waals surface area contributed by atoms with Gasteiger partial charge in [0.05, 0.1) is 12.6 Å². The minimum absolute atomic E-state index is 0.130. The van der Waals surface area contributed by atoms with Crippen molar-refractivity contribution >= 4 is 27.7 Å². The van der Waals surface area contributed by atoms with Gasteiger partial charge in [0, 0.05) is 26.3 Å². The standard InChI is InChI=1S/C36H18N2OS/c1-38-30(20-37)36-26-9-3-2-8-24(26)29-18-22(13-15-28(29)36)33-16-17-34(40-33)23-12-14-25-27-10-4-6-21-7-5-11-31(35(21)27)39-32(25)19-23/h2-19H/b36-30-. The Morgan fingerprint density at radius 1 is 0.650 bits per heavy atom. The number of benzene rings is 5. The molecule has 0 atom stereocenters. The summed E-state index contributed by atoms with van der Waals surface area (Å²) in [7, 11) is 0. The Balaban J connectivity index is 1.19. The summed E-state index contributed by atoms with van der Waals surface area (Å²) in [4.78, 5) is 5.84. The summed E-state index contributed by atoms with van der Waals surface area (Å²) in [5, 5.41) is 12.0. The molecule has 0 amide bonds. The van der Waals surface area contributed by atoms with Crippen molar-refractivity contribution in [3.8, 4) is 60.7 Å². The smallest absolute Gasteiger partial charge is 0.270 e. The molecule has 1 aliphatic heterocycles. The third-order valence-electron chi connectivity index (χ3n) is 7.76. The van der Waals surface area contributed by atoms with E-state index in [2.05, 4.69) is 83.7 Å². The fourth-order valence-corrected chi connectivity index (χ4v) is 6.98. The molecule has 0 N–H and O–H groups in total. The van der Waals surface area contributed by atoms with Crippen LogP contribution in [0.3, 0.4) is 0 Å². The highest BCUT2D eigenvalue weighted by molar-refractivity contribution is 7.18. The molecule has 0 unspecified atom stereocenters. The lowest BCUT2D eigenvalue weighted by Crippen LogP contribution is -1.97. The van der Waals surface area contributed by atoms with Crippen LogP contribution < -0.4 is 4.74 Å². The number of rotatable bonds is 2. The maximum Gasteiger partial charge on any atom is 0.270 e. The summed E-state index contributed by atoms with van der Waals surface area (Å²) in [5.41, 5.74) is 9.42. The van der Waals surface area contributed by atoms with Gasteiger partial charge in [0.15, 0.2) is 0 Å². The van der Waals surface area contributed by atoms with E-state index < -0.39 is 0 Å². The second-order valence-corrected chi connectivity index (χ2v) is 11.0. The van der Waals surface area contributed by atoms with Gasteiger partial charge in [0.25, 0.3) is 5.70 Å². The van der Waals surface area contributed by atoms with Crippen molar-refractivity contribution < 1.29 is 4.74 Å². The van der Waals surface area contributed by atoms with E-state index in [0.29, 0.717) is 0 Å². The van der Waals surface area contributed by atoms with Crippen molar-refractivity contribution in [3.05, 3.63) is 137 Å². The highest BCUT2D eigenvalue weighted by Gasteiger charge is 2.27. The van der Waals surface area contributed by atoms with Crippen molar-refractivity contribution in [3.63, 3.8) is 0 Å². The van der Waals surface area contributed by atoms with Gasteiger partial charge in [-0.15, -0.1) is 11.3 Å². The highest BCUT2D eigenvalue weighted by atomic mass is 32.1. The van der Waals surface area contributed by atoms with Gasteiger partial charge in [-0.2, -0.15) is 0 Å². The van der Waals surface area contributed by atoms with E-state index in [-0.39, 0.29) is 5.70 Å². The molecular formula is C36H18N2OS. The molecule has 1 aliphatic carbocycles. The summed E-state index contributed by atoms with van der Waals surface area (Å²) in [6, 6.07) is 39.8. The van der Waals surface area contributed by atoms with Crippen molar-refractivity contribution in [2.45, 2.75) is 0 Å². The van der Waals surface area contributed by atoms with E-state index in [9.17, 15) is 5.26 Å². The summed E-state index contributed by atoms with van der Waals surface area (Å²) >= 11 is 1.74. The van der Waals surface area contributed by atoms with Crippen LogP contribution in [0.1, 0.15) is 11.1 Å². The van der Waals surface area contributed by atoms with E-state index in [4.69, 9.17) is 11.3 Å². The molecule has 6 aromatic rings.